The fraction of sp³-hybridized carbons (Fsp3) is 0.600. The second-order valence-corrected chi connectivity index (χ2v) is 5.30. The number of nitrogens with two attached hydrogens (primary N) is 1. The summed E-state index contributed by atoms with van der Waals surface area (Å²) < 4.78 is 0. The van der Waals surface area contributed by atoms with Gasteiger partial charge in [-0.05, 0) is 37.3 Å². The molecular formula is C15H22N4. The van der Waals surface area contributed by atoms with Crippen molar-refractivity contribution < 1.29 is 0 Å². The van der Waals surface area contributed by atoms with Gasteiger partial charge in [-0.1, -0.05) is 26.2 Å². The summed E-state index contributed by atoms with van der Waals surface area (Å²) in [5.41, 5.74) is 6.45. The summed E-state index contributed by atoms with van der Waals surface area (Å²) in [6, 6.07) is 6.09. The number of anilines is 2. The fourth-order valence-corrected chi connectivity index (χ4v) is 2.92. The van der Waals surface area contributed by atoms with E-state index in [1.807, 2.05) is 12.1 Å². The molecule has 1 aliphatic carbocycles. The molecule has 1 aliphatic rings. The minimum Gasteiger partial charge on any atom is -0.396 e. The number of aromatic nitrogens is 1. The zero-order chi connectivity index (χ0) is 13.7. The number of nitrogens with zero attached hydrogens (tertiary/aromatic N) is 2. The van der Waals surface area contributed by atoms with Crippen LogP contribution in [0.15, 0.2) is 12.1 Å². The van der Waals surface area contributed by atoms with Crippen molar-refractivity contribution in [3.05, 3.63) is 17.8 Å². The van der Waals surface area contributed by atoms with Gasteiger partial charge in [0.25, 0.3) is 0 Å². The molecule has 1 unspecified atom stereocenters. The van der Waals surface area contributed by atoms with E-state index in [1.54, 1.807) is 6.07 Å². The molecule has 102 valence electrons. The number of hydrogen-bond donors (Lipinski definition) is 2. The monoisotopic (exact) mass is 258 g/mol. The third-order valence-electron chi connectivity index (χ3n) is 4.02. The SMILES string of the molecule is CCC(Nc1ccc(N)c(C#N)n1)C1CCCCC1. The van der Waals surface area contributed by atoms with E-state index in [0.29, 0.717) is 17.4 Å². The van der Waals surface area contributed by atoms with Gasteiger partial charge >= 0.3 is 0 Å². The second-order valence-electron chi connectivity index (χ2n) is 5.30. The van der Waals surface area contributed by atoms with Crippen molar-refractivity contribution in [3.63, 3.8) is 0 Å². The number of rotatable bonds is 4. The minimum absolute atomic E-state index is 0.309. The molecule has 0 aromatic carbocycles. The van der Waals surface area contributed by atoms with Crippen LogP contribution in [-0.2, 0) is 0 Å². The Bertz CT molecular complexity index is 458. The van der Waals surface area contributed by atoms with Crippen LogP contribution in [0, 0.1) is 17.2 Å². The van der Waals surface area contributed by atoms with E-state index in [2.05, 4.69) is 17.2 Å². The van der Waals surface area contributed by atoms with Crippen molar-refractivity contribution in [3.8, 4) is 6.07 Å². The molecule has 19 heavy (non-hydrogen) atoms. The van der Waals surface area contributed by atoms with Gasteiger partial charge in [-0.2, -0.15) is 5.26 Å². The molecule has 1 fully saturated rings. The molecule has 0 amide bonds. The third kappa shape index (κ3) is 3.37. The molecule has 0 saturated heterocycles. The van der Waals surface area contributed by atoms with Crippen molar-refractivity contribution in [2.24, 2.45) is 5.92 Å². The lowest BCUT2D eigenvalue weighted by Gasteiger charge is -2.30. The van der Waals surface area contributed by atoms with Gasteiger partial charge in [0.15, 0.2) is 5.69 Å². The zero-order valence-corrected chi connectivity index (χ0v) is 11.5. The Kier molecular flexibility index (Phi) is 4.62. The minimum atomic E-state index is 0.309. The predicted octanol–water partition coefficient (Wildman–Crippen LogP) is 3.31. The highest BCUT2D eigenvalue weighted by atomic mass is 15.0. The quantitative estimate of drug-likeness (QED) is 0.868. The van der Waals surface area contributed by atoms with Gasteiger partial charge in [0.2, 0.25) is 0 Å². The van der Waals surface area contributed by atoms with E-state index in [0.717, 1.165) is 18.2 Å². The molecule has 0 spiro atoms. The van der Waals surface area contributed by atoms with E-state index in [9.17, 15) is 0 Å². The first-order chi connectivity index (χ1) is 9.24. The number of hydrogen-bond acceptors (Lipinski definition) is 4. The molecule has 0 bridgehead atoms. The Labute approximate surface area is 115 Å². The van der Waals surface area contributed by atoms with Gasteiger partial charge in [0.05, 0.1) is 5.69 Å². The Morgan fingerprint density at radius 1 is 1.42 bits per heavy atom. The summed E-state index contributed by atoms with van der Waals surface area (Å²) in [4.78, 5) is 4.28. The van der Waals surface area contributed by atoms with Crippen LogP contribution in [0.5, 0.6) is 0 Å². The van der Waals surface area contributed by atoms with Gasteiger partial charge in [-0.3, -0.25) is 0 Å². The molecule has 4 heteroatoms. The number of nitriles is 1. The smallest absolute Gasteiger partial charge is 0.165 e. The number of nitrogen functional groups attached to an aromatic ring is 1. The standard InChI is InChI=1S/C15H22N4/c1-2-13(11-6-4-3-5-7-11)18-15-9-8-12(17)14(10-16)19-15/h8-9,11,13H,2-7,17H2,1H3,(H,18,19). The molecule has 0 radical (unpaired) electrons. The van der Waals surface area contributed by atoms with Crippen LogP contribution < -0.4 is 11.1 Å². The molecule has 1 atom stereocenters. The molecular weight excluding hydrogens is 236 g/mol. The van der Waals surface area contributed by atoms with Crippen molar-refractivity contribution in [1.29, 1.82) is 5.26 Å². The maximum Gasteiger partial charge on any atom is 0.165 e. The normalized spacial score (nSPS) is 17.7. The molecule has 1 heterocycles. The van der Waals surface area contributed by atoms with Crippen LogP contribution in [-0.4, -0.2) is 11.0 Å². The summed E-state index contributed by atoms with van der Waals surface area (Å²) in [6.45, 7) is 2.20. The van der Waals surface area contributed by atoms with Crippen molar-refractivity contribution in [1.82, 2.24) is 4.98 Å². The average molecular weight is 258 g/mol. The van der Waals surface area contributed by atoms with Crippen LogP contribution in [0.1, 0.15) is 51.1 Å². The van der Waals surface area contributed by atoms with Gasteiger partial charge < -0.3 is 11.1 Å². The second kappa shape index (κ2) is 6.42. The Balaban J connectivity index is 2.07. The third-order valence-corrected chi connectivity index (χ3v) is 4.02. The number of nitrogens with one attached hydrogen (secondary N) is 1. The maximum atomic E-state index is 8.96. The van der Waals surface area contributed by atoms with E-state index in [-0.39, 0.29) is 0 Å². The molecule has 1 aromatic heterocycles. The lowest BCUT2D eigenvalue weighted by atomic mass is 9.83. The van der Waals surface area contributed by atoms with Crippen LogP contribution in [0.4, 0.5) is 11.5 Å². The van der Waals surface area contributed by atoms with E-state index < -0.39 is 0 Å². The molecule has 0 aliphatic heterocycles. The van der Waals surface area contributed by atoms with Crippen molar-refractivity contribution >= 4 is 11.5 Å². The lowest BCUT2D eigenvalue weighted by molar-refractivity contribution is 0.312. The first-order valence-electron chi connectivity index (χ1n) is 7.17. The highest BCUT2D eigenvalue weighted by molar-refractivity contribution is 5.54. The summed E-state index contributed by atoms with van der Waals surface area (Å²) in [5.74, 6) is 1.49. The van der Waals surface area contributed by atoms with Crippen LogP contribution in [0.2, 0.25) is 0 Å². The lowest BCUT2D eigenvalue weighted by Crippen LogP contribution is -2.30. The summed E-state index contributed by atoms with van der Waals surface area (Å²) in [5, 5.41) is 12.4. The van der Waals surface area contributed by atoms with Gasteiger partial charge in [0.1, 0.15) is 11.9 Å². The molecule has 1 saturated carbocycles. The van der Waals surface area contributed by atoms with E-state index >= 15 is 0 Å². The van der Waals surface area contributed by atoms with Crippen LogP contribution >= 0.6 is 0 Å². The van der Waals surface area contributed by atoms with Crippen molar-refractivity contribution in [2.45, 2.75) is 51.5 Å². The molecule has 2 rings (SSSR count). The Hall–Kier alpha value is -1.76. The maximum absolute atomic E-state index is 8.96. The number of pyridine rings is 1. The summed E-state index contributed by atoms with van der Waals surface area (Å²) in [7, 11) is 0. The summed E-state index contributed by atoms with van der Waals surface area (Å²) in [6.07, 6.45) is 7.71. The fourth-order valence-electron chi connectivity index (χ4n) is 2.92. The van der Waals surface area contributed by atoms with E-state index in [4.69, 9.17) is 11.0 Å². The Morgan fingerprint density at radius 3 is 2.79 bits per heavy atom. The predicted molar refractivity (Wildman–Crippen MR) is 77.6 cm³/mol. The first-order valence-corrected chi connectivity index (χ1v) is 7.17. The highest BCUT2D eigenvalue weighted by Gasteiger charge is 2.22. The summed E-state index contributed by atoms with van der Waals surface area (Å²) >= 11 is 0. The molecule has 3 N–H and O–H groups in total. The van der Waals surface area contributed by atoms with Gasteiger partial charge in [0, 0.05) is 6.04 Å². The molecule has 1 aromatic rings. The topological polar surface area (TPSA) is 74.7 Å². The van der Waals surface area contributed by atoms with Crippen LogP contribution in [0.25, 0.3) is 0 Å². The largest absolute Gasteiger partial charge is 0.396 e. The van der Waals surface area contributed by atoms with E-state index in [1.165, 1.54) is 32.1 Å². The Morgan fingerprint density at radius 2 is 2.16 bits per heavy atom. The zero-order valence-electron chi connectivity index (χ0n) is 11.5. The molecule has 4 nitrogen and oxygen atoms in total. The van der Waals surface area contributed by atoms with Gasteiger partial charge in [-0.15, -0.1) is 0 Å². The highest BCUT2D eigenvalue weighted by Crippen LogP contribution is 2.29. The first kappa shape index (κ1) is 13.7. The van der Waals surface area contributed by atoms with Crippen LogP contribution in [0.3, 0.4) is 0 Å². The van der Waals surface area contributed by atoms with Crippen molar-refractivity contribution in [2.75, 3.05) is 11.1 Å². The van der Waals surface area contributed by atoms with Gasteiger partial charge in [-0.25, -0.2) is 4.98 Å². The average Bonchev–Trinajstić information content (AvgIpc) is 2.47.